The Morgan fingerprint density at radius 3 is 2.54 bits per heavy atom. The summed E-state index contributed by atoms with van der Waals surface area (Å²) >= 11 is 0. The molecule has 2 N–H and O–H groups in total. The summed E-state index contributed by atoms with van der Waals surface area (Å²) in [6, 6.07) is 6.50. The minimum Gasteiger partial charge on any atom is -0.485 e. The number of nitrogens with zero attached hydrogens (tertiary/aromatic N) is 2. The van der Waals surface area contributed by atoms with Crippen LogP contribution in [0, 0.1) is 0 Å². The topological polar surface area (TPSA) is 115 Å². The number of aryl methyl sites for hydroxylation is 1. The van der Waals surface area contributed by atoms with Crippen molar-refractivity contribution < 1.29 is 24.0 Å². The average Bonchev–Trinajstić information content (AvgIpc) is 3.30. The molecule has 3 rings (SSSR count). The van der Waals surface area contributed by atoms with Gasteiger partial charge in [0.1, 0.15) is 11.3 Å². The highest BCUT2D eigenvalue weighted by molar-refractivity contribution is 5.98. The Bertz CT molecular complexity index is 778. The van der Waals surface area contributed by atoms with Gasteiger partial charge in [0, 0.05) is 12.0 Å². The van der Waals surface area contributed by atoms with Crippen LogP contribution in [0.3, 0.4) is 0 Å². The molecule has 0 radical (unpaired) electrons. The summed E-state index contributed by atoms with van der Waals surface area (Å²) in [6.45, 7) is 2.08. The number of carboxylic acid groups (broad SMARTS) is 1. The average molecular weight is 359 g/mol. The maximum atomic E-state index is 12.4. The van der Waals surface area contributed by atoms with Crippen molar-refractivity contribution in [3.05, 3.63) is 41.5 Å². The zero-order chi connectivity index (χ0) is 18.6. The van der Waals surface area contributed by atoms with Gasteiger partial charge < -0.3 is 19.7 Å². The van der Waals surface area contributed by atoms with Gasteiger partial charge in [0.25, 0.3) is 5.91 Å². The molecule has 0 atom stereocenters. The van der Waals surface area contributed by atoms with Crippen molar-refractivity contribution in [1.82, 2.24) is 15.5 Å². The second kappa shape index (κ2) is 7.55. The van der Waals surface area contributed by atoms with E-state index in [1.54, 1.807) is 24.3 Å². The van der Waals surface area contributed by atoms with Crippen molar-refractivity contribution in [2.45, 2.75) is 51.2 Å². The van der Waals surface area contributed by atoms with Gasteiger partial charge in [0.15, 0.2) is 6.61 Å². The number of carbonyl (C=O) groups is 2. The van der Waals surface area contributed by atoms with Crippen molar-refractivity contribution in [2.24, 2.45) is 0 Å². The number of carboxylic acids is 1. The first kappa shape index (κ1) is 17.9. The third-order valence-corrected chi connectivity index (χ3v) is 4.52. The van der Waals surface area contributed by atoms with Gasteiger partial charge in [-0.25, -0.2) is 4.79 Å². The van der Waals surface area contributed by atoms with Gasteiger partial charge in [-0.15, -0.1) is 0 Å². The molecular weight excluding hydrogens is 338 g/mol. The second-order valence-corrected chi connectivity index (χ2v) is 6.32. The monoisotopic (exact) mass is 359 g/mol. The quantitative estimate of drug-likeness (QED) is 0.779. The lowest BCUT2D eigenvalue weighted by atomic mass is 9.97. The molecule has 26 heavy (non-hydrogen) atoms. The number of hydrogen-bond acceptors (Lipinski definition) is 6. The molecule has 1 amide bonds. The van der Waals surface area contributed by atoms with E-state index >= 15 is 0 Å². The lowest BCUT2D eigenvalue weighted by Crippen LogP contribution is -2.52. The molecule has 1 heterocycles. The predicted molar refractivity (Wildman–Crippen MR) is 90.8 cm³/mol. The van der Waals surface area contributed by atoms with Crippen LogP contribution in [0.1, 0.15) is 54.7 Å². The fourth-order valence-corrected chi connectivity index (χ4v) is 3.00. The van der Waals surface area contributed by atoms with Crippen LogP contribution in [0.4, 0.5) is 0 Å². The Balaban J connectivity index is 1.59. The summed E-state index contributed by atoms with van der Waals surface area (Å²) in [4.78, 5) is 28.1. The van der Waals surface area contributed by atoms with E-state index in [0.717, 1.165) is 12.8 Å². The molecule has 0 unspecified atom stereocenters. The second-order valence-electron chi connectivity index (χ2n) is 6.32. The van der Waals surface area contributed by atoms with Crippen LogP contribution in [0.2, 0.25) is 0 Å². The predicted octanol–water partition coefficient (Wildman–Crippen LogP) is 2.34. The summed E-state index contributed by atoms with van der Waals surface area (Å²) in [5.41, 5.74) is -0.764. The number of aromatic nitrogens is 2. The van der Waals surface area contributed by atoms with E-state index in [1.807, 2.05) is 6.92 Å². The normalized spacial score (nSPS) is 15.6. The SMILES string of the molecule is CCc1nc(COc2ccc(C(=O)NC3(C(=O)O)CCCC3)cc2)no1. The number of amides is 1. The van der Waals surface area contributed by atoms with Gasteiger partial charge in [0.2, 0.25) is 11.7 Å². The van der Waals surface area contributed by atoms with Crippen molar-refractivity contribution in [1.29, 1.82) is 0 Å². The van der Waals surface area contributed by atoms with Gasteiger partial charge in [-0.05, 0) is 37.1 Å². The van der Waals surface area contributed by atoms with Crippen LogP contribution in [0.25, 0.3) is 0 Å². The molecule has 1 aliphatic carbocycles. The number of hydrogen-bond donors (Lipinski definition) is 2. The highest BCUT2D eigenvalue weighted by Gasteiger charge is 2.42. The van der Waals surface area contributed by atoms with Crippen LogP contribution in [-0.4, -0.2) is 32.7 Å². The summed E-state index contributed by atoms with van der Waals surface area (Å²) in [5, 5.41) is 15.9. The maximum Gasteiger partial charge on any atom is 0.329 e. The van der Waals surface area contributed by atoms with Gasteiger partial charge >= 0.3 is 5.97 Å². The number of benzene rings is 1. The van der Waals surface area contributed by atoms with Crippen LogP contribution in [0.5, 0.6) is 5.75 Å². The first-order chi connectivity index (χ1) is 12.5. The molecule has 2 aromatic rings. The number of rotatable bonds is 7. The Hall–Kier alpha value is -2.90. The summed E-state index contributed by atoms with van der Waals surface area (Å²) in [6.07, 6.45) is 3.18. The minimum atomic E-state index is -1.15. The Kier molecular flexibility index (Phi) is 5.20. The third-order valence-electron chi connectivity index (χ3n) is 4.52. The van der Waals surface area contributed by atoms with Gasteiger partial charge in [-0.2, -0.15) is 4.98 Å². The Morgan fingerprint density at radius 2 is 1.96 bits per heavy atom. The molecule has 1 aromatic carbocycles. The standard InChI is InChI=1S/C18H21N3O5/c1-2-15-19-14(21-26-15)11-25-13-7-5-12(6-8-13)16(22)20-18(17(23)24)9-3-4-10-18/h5-8H,2-4,9-11H2,1H3,(H,20,22)(H,23,24). The zero-order valence-corrected chi connectivity index (χ0v) is 14.5. The van der Waals surface area contributed by atoms with Gasteiger partial charge in [-0.3, -0.25) is 4.79 Å². The first-order valence-electron chi connectivity index (χ1n) is 8.62. The molecule has 138 valence electrons. The molecule has 1 aliphatic rings. The van der Waals surface area contributed by atoms with Crippen molar-refractivity contribution in [3.8, 4) is 5.75 Å². The van der Waals surface area contributed by atoms with Crippen LogP contribution in [-0.2, 0) is 17.8 Å². The Labute approximate surface area is 150 Å². The van der Waals surface area contributed by atoms with E-state index in [2.05, 4.69) is 15.5 Å². The number of ether oxygens (including phenoxy) is 1. The molecular formula is C18H21N3O5. The molecule has 8 nitrogen and oxygen atoms in total. The lowest BCUT2D eigenvalue weighted by molar-refractivity contribution is -0.144. The summed E-state index contributed by atoms with van der Waals surface area (Å²) in [7, 11) is 0. The first-order valence-corrected chi connectivity index (χ1v) is 8.62. The molecule has 0 aliphatic heterocycles. The van der Waals surface area contributed by atoms with E-state index < -0.39 is 17.4 Å². The molecule has 1 saturated carbocycles. The maximum absolute atomic E-state index is 12.4. The summed E-state index contributed by atoms with van der Waals surface area (Å²) in [5.74, 6) is 0.183. The molecule has 1 fully saturated rings. The van der Waals surface area contributed by atoms with Gasteiger partial charge in [0.05, 0.1) is 0 Å². The van der Waals surface area contributed by atoms with E-state index in [0.29, 0.717) is 42.3 Å². The van der Waals surface area contributed by atoms with Crippen LogP contribution >= 0.6 is 0 Å². The van der Waals surface area contributed by atoms with Crippen molar-refractivity contribution in [2.75, 3.05) is 0 Å². The van der Waals surface area contributed by atoms with Gasteiger partial charge in [-0.1, -0.05) is 24.9 Å². The summed E-state index contributed by atoms with van der Waals surface area (Å²) < 4.78 is 10.6. The van der Waals surface area contributed by atoms with E-state index in [1.165, 1.54) is 0 Å². The number of nitrogens with one attached hydrogen (secondary N) is 1. The molecule has 0 spiro atoms. The van der Waals surface area contributed by atoms with E-state index in [-0.39, 0.29) is 6.61 Å². The van der Waals surface area contributed by atoms with Crippen LogP contribution in [0.15, 0.2) is 28.8 Å². The van der Waals surface area contributed by atoms with E-state index in [9.17, 15) is 14.7 Å². The zero-order valence-electron chi connectivity index (χ0n) is 14.5. The number of aliphatic carboxylic acids is 1. The van der Waals surface area contributed by atoms with E-state index in [4.69, 9.17) is 9.26 Å². The smallest absolute Gasteiger partial charge is 0.329 e. The Morgan fingerprint density at radius 1 is 1.27 bits per heavy atom. The molecule has 8 heteroatoms. The van der Waals surface area contributed by atoms with Crippen LogP contribution < -0.4 is 10.1 Å². The molecule has 0 saturated heterocycles. The largest absolute Gasteiger partial charge is 0.485 e. The highest BCUT2D eigenvalue weighted by atomic mass is 16.5. The van der Waals surface area contributed by atoms with Crippen molar-refractivity contribution in [3.63, 3.8) is 0 Å². The fraction of sp³-hybridized carbons (Fsp3) is 0.444. The molecule has 0 bridgehead atoms. The minimum absolute atomic E-state index is 0.164. The lowest BCUT2D eigenvalue weighted by Gasteiger charge is -2.25. The highest BCUT2D eigenvalue weighted by Crippen LogP contribution is 2.30. The van der Waals surface area contributed by atoms with Crippen molar-refractivity contribution >= 4 is 11.9 Å². The third kappa shape index (κ3) is 3.84. The number of carbonyl (C=O) groups excluding carboxylic acids is 1. The fourth-order valence-electron chi connectivity index (χ4n) is 3.00. The molecule has 1 aromatic heterocycles.